The van der Waals surface area contributed by atoms with E-state index in [2.05, 4.69) is 52.1 Å². The number of halogens is 1. The second-order valence-corrected chi connectivity index (χ2v) is 15.0. The minimum absolute atomic E-state index is 0.0769. The van der Waals surface area contributed by atoms with Gasteiger partial charge in [0.25, 0.3) is 0 Å². The fourth-order valence-electron chi connectivity index (χ4n) is 8.09. The van der Waals surface area contributed by atoms with Crippen LogP contribution in [0.25, 0.3) is 10.8 Å². The fraction of sp³-hybridized carbons (Fsp3) is 0.556. The van der Waals surface area contributed by atoms with Gasteiger partial charge in [0, 0.05) is 42.3 Å². The number of piperazine rings is 1. The number of fused-ring (bicyclic) bond motifs is 4. The minimum atomic E-state index is -0.647. The predicted molar refractivity (Wildman–Crippen MR) is 183 cm³/mol. The number of hydrogen-bond acceptors (Lipinski definition) is 9. The Kier molecular flexibility index (Phi) is 8.34. The quantitative estimate of drug-likeness (QED) is 0.307. The van der Waals surface area contributed by atoms with Crippen LogP contribution in [-0.2, 0) is 17.7 Å². The third-order valence-electron chi connectivity index (χ3n) is 10.3. The Bertz CT molecular complexity index is 1720. The van der Waals surface area contributed by atoms with Gasteiger partial charge in [0.15, 0.2) is 0 Å². The van der Waals surface area contributed by atoms with E-state index in [1.54, 1.807) is 0 Å². The summed E-state index contributed by atoms with van der Waals surface area (Å²) in [5.41, 5.74) is 1.87. The summed E-state index contributed by atoms with van der Waals surface area (Å²) < 4.78 is 12.2. The maximum atomic E-state index is 13.5. The topological polar surface area (TPSA) is 98.1 Å². The first-order chi connectivity index (χ1) is 22.5. The van der Waals surface area contributed by atoms with Crippen LogP contribution in [0.3, 0.4) is 0 Å². The lowest BCUT2D eigenvalue weighted by atomic mass is 9.91. The highest BCUT2D eigenvalue weighted by atomic mass is 35.5. The molecule has 4 aliphatic heterocycles. The number of nitrogens with zero attached hydrogens (tertiary/aromatic N) is 7. The Morgan fingerprint density at radius 1 is 1.13 bits per heavy atom. The first-order valence-electron chi connectivity index (χ1n) is 16.8. The summed E-state index contributed by atoms with van der Waals surface area (Å²) in [5, 5.41) is 12.9. The van der Waals surface area contributed by atoms with Crippen molar-refractivity contribution in [2.45, 2.75) is 89.1 Å². The number of hydrogen-bond donors (Lipinski definition) is 0. The molecule has 3 aromatic rings. The summed E-state index contributed by atoms with van der Waals surface area (Å²) in [6.07, 6.45) is 4.47. The highest BCUT2D eigenvalue weighted by Crippen LogP contribution is 2.45. The Balaban J connectivity index is 1.24. The van der Waals surface area contributed by atoms with Crippen molar-refractivity contribution in [3.63, 3.8) is 0 Å². The fourth-order valence-corrected chi connectivity index (χ4v) is 8.37. The van der Waals surface area contributed by atoms with Crippen molar-refractivity contribution in [2.75, 3.05) is 49.6 Å². The molecule has 3 atom stereocenters. The van der Waals surface area contributed by atoms with Gasteiger partial charge in [-0.3, -0.25) is 4.90 Å². The third kappa shape index (κ3) is 6.04. The number of likely N-dealkylation sites (N-methyl/N-ethyl adjacent to an activating group) is 1. The van der Waals surface area contributed by atoms with Crippen molar-refractivity contribution >= 4 is 40.0 Å². The molecule has 0 spiro atoms. The molecule has 0 N–H and O–H groups in total. The number of rotatable bonds is 6. The van der Waals surface area contributed by atoms with Gasteiger partial charge in [-0.1, -0.05) is 35.9 Å². The maximum absolute atomic E-state index is 13.5. The van der Waals surface area contributed by atoms with Gasteiger partial charge in [-0.2, -0.15) is 15.2 Å². The van der Waals surface area contributed by atoms with Crippen molar-refractivity contribution < 1.29 is 14.3 Å². The highest BCUT2D eigenvalue weighted by molar-refractivity contribution is 6.36. The molecule has 47 heavy (non-hydrogen) atoms. The zero-order valence-corrected chi connectivity index (χ0v) is 28.6. The number of anilines is 2. The van der Waals surface area contributed by atoms with Crippen molar-refractivity contribution in [3.8, 4) is 12.1 Å². The lowest BCUT2D eigenvalue weighted by Gasteiger charge is -2.49. The molecule has 0 aliphatic carbocycles. The number of ether oxygens (including phenoxy) is 2. The molecule has 7 rings (SSSR count). The van der Waals surface area contributed by atoms with Crippen LogP contribution >= 0.6 is 11.6 Å². The summed E-state index contributed by atoms with van der Waals surface area (Å²) in [7, 11) is 2.14. The highest BCUT2D eigenvalue weighted by Gasteiger charge is 2.55. The van der Waals surface area contributed by atoms with E-state index in [9.17, 15) is 10.1 Å². The monoisotopic (exact) mass is 657 g/mol. The number of carbonyl (C=O) groups excluding carboxylic acids is 1. The molecule has 11 heteroatoms. The number of amides is 1. The lowest BCUT2D eigenvalue weighted by Crippen LogP contribution is -2.64. The van der Waals surface area contributed by atoms with Crippen LogP contribution in [0.15, 0.2) is 36.4 Å². The standard InChI is InChI=1S/C36H44ClN7O3/c1-35(2,3)47-34(45)44-25-13-15-36(44,16-17-38)23-43(20-25)32-27-14-19-42(30-12-6-9-24-8-5-11-28(37)31(24)30)21-29(27)39-33(40-32)46-22-26-10-7-18-41(26)4/h5-6,8-9,11-12,25-26H,7,10,13-16,18-23H2,1-4H3. The first-order valence-corrected chi connectivity index (χ1v) is 17.2. The van der Waals surface area contributed by atoms with Gasteiger partial charge in [-0.15, -0.1) is 0 Å². The molecule has 10 nitrogen and oxygen atoms in total. The molecule has 248 valence electrons. The van der Waals surface area contributed by atoms with Gasteiger partial charge in [0.2, 0.25) is 0 Å². The van der Waals surface area contributed by atoms with Crippen LogP contribution in [0.4, 0.5) is 16.3 Å². The summed E-state index contributed by atoms with van der Waals surface area (Å²) in [6.45, 7) is 9.75. The second kappa shape index (κ2) is 12.3. The molecule has 2 aromatic carbocycles. The molecule has 1 aromatic heterocycles. The summed E-state index contributed by atoms with van der Waals surface area (Å²) in [5.74, 6) is 0.860. The molecule has 3 saturated heterocycles. The van der Waals surface area contributed by atoms with Gasteiger partial charge in [0.05, 0.1) is 41.3 Å². The number of aromatic nitrogens is 2. The van der Waals surface area contributed by atoms with E-state index in [0.717, 1.165) is 83.8 Å². The zero-order valence-electron chi connectivity index (χ0n) is 27.8. The van der Waals surface area contributed by atoms with Crippen LogP contribution in [0.2, 0.25) is 5.02 Å². The van der Waals surface area contributed by atoms with Crippen molar-refractivity contribution in [2.24, 2.45) is 0 Å². The summed E-state index contributed by atoms with van der Waals surface area (Å²) >= 11 is 6.75. The molecule has 0 radical (unpaired) electrons. The normalized spacial score (nSPS) is 24.4. The van der Waals surface area contributed by atoms with Gasteiger partial charge < -0.3 is 24.2 Å². The van der Waals surface area contributed by atoms with Crippen LogP contribution in [0.1, 0.15) is 64.1 Å². The molecule has 1 amide bonds. The Hall–Kier alpha value is -3.81. The summed E-state index contributed by atoms with van der Waals surface area (Å²) in [4.78, 5) is 32.5. The molecular formula is C36H44ClN7O3. The van der Waals surface area contributed by atoms with E-state index in [4.69, 9.17) is 31.0 Å². The van der Waals surface area contributed by atoms with E-state index in [1.807, 2.05) is 37.8 Å². The van der Waals surface area contributed by atoms with Crippen LogP contribution in [0.5, 0.6) is 6.01 Å². The van der Waals surface area contributed by atoms with Crippen molar-refractivity contribution in [1.29, 1.82) is 5.26 Å². The molecular weight excluding hydrogens is 614 g/mol. The van der Waals surface area contributed by atoms with Crippen LogP contribution in [0, 0.1) is 11.3 Å². The Labute approximate surface area is 282 Å². The molecule has 0 saturated carbocycles. The number of likely N-dealkylation sites (tertiary alicyclic amines) is 1. The number of nitriles is 1. The first kappa shape index (κ1) is 31.8. The van der Waals surface area contributed by atoms with Gasteiger partial charge in [-0.25, -0.2) is 4.79 Å². The van der Waals surface area contributed by atoms with Crippen LogP contribution < -0.4 is 14.5 Å². The second-order valence-electron chi connectivity index (χ2n) is 14.6. The van der Waals surface area contributed by atoms with Crippen LogP contribution in [-0.4, -0.2) is 88.9 Å². The molecule has 3 unspecified atom stereocenters. The van der Waals surface area contributed by atoms with E-state index in [1.165, 1.54) is 0 Å². The maximum Gasteiger partial charge on any atom is 0.411 e. The van der Waals surface area contributed by atoms with Gasteiger partial charge >= 0.3 is 12.1 Å². The third-order valence-corrected chi connectivity index (χ3v) is 10.6. The molecule has 2 bridgehead atoms. The smallest absolute Gasteiger partial charge is 0.411 e. The van der Waals surface area contributed by atoms with Crippen molar-refractivity contribution in [3.05, 3.63) is 52.7 Å². The number of carbonyl (C=O) groups is 1. The average Bonchev–Trinajstić information content (AvgIpc) is 3.55. The largest absolute Gasteiger partial charge is 0.462 e. The lowest BCUT2D eigenvalue weighted by molar-refractivity contribution is -0.00566. The van der Waals surface area contributed by atoms with Gasteiger partial charge in [-0.05, 0) is 84.0 Å². The van der Waals surface area contributed by atoms with E-state index in [-0.39, 0.29) is 18.6 Å². The zero-order chi connectivity index (χ0) is 32.9. The Morgan fingerprint density at radius 2 is 1.94 bits per heavy atom. The molecule has 3 fully saturated rings. The van der Waals surface area contributed by atoms with Crippen molar-refractivity contribution in [1.82, 2.24) is 19.8 Å². The summed E-state index contributed by atoms with van der Waals surface area (Å²) in [6, 6.07) is 15.4. The Morgan fingerprint density at radius 3 is 2.68 bits per heavy atom. The predicted octanol–water partition coefficient (Wildman–Crippen LogP) is 6.19. The minimum Gasteiger partial charge on any atom is -0.462 e. The molecule has 4 aliphatic rings. The average molecular weight is 658 g/mol. The SMILES string of the molecule is CN1CCCC1COc1nc2c(c(N3CC4CCC(CC#N)(C3)N4C(=O)OC(C)(C)C)n1)CCN(c1cccc3cccc(Cl)c13)C2. The number of benzene rings is 2. The van der Waals surface area contributed by atoms with E-state index < -0.39 is 11.1 Å². The molecule has 5 heterocycles. The van der Waals surface area contributed by atoms with Gasteiger partial charge in [0.1, 0.15) is 18.0 Å². The van der Waals surface area contributed by atoms with E-state index in [0.29, 0.717) is 38.3 Å². The van der Waals surface area contributed by atoms with E-state index >= 15 is 0 Å².